The molecule has 0 fully saturated rings. The van der Waals surface area contributed by atoms with Crippen molar-refractivity contribution in [3.05, 3.63) is 29.8 Å². The fraction of sp³-hybridized carbons (Fsp3) is 0.400. The minimum Gasteiger partial charge on any atom is -0.481 e. The lowest BCUT2D eigenvalue weighted by atomic mass is 9.98. The number of anilines is 1. The number of nitrogens with zero attached hydrogens (tertiary/aromatic N) is 2. The second kappa shape index (κ2) is 6.75. The number of carbonyl (C=O) groups excluding carboxylic acids is 1. The lowest BCUT2D eigenvalue weighted by molar-refractivity contribution is -0.137. The average molecular weight is 287 g/mol. The van der Waals surface area contributed by atoms with Crippen molar-refractivity contribution in [3.8, 4) is 6.07 Å². The van der Waals surface area contributed by atoms with Crippen LogP contribution in [0.4, 0.5) is 5.69 Å². The van der Waals surface area contributed by atoms with E-state index in [9.17, 15) is 9.59 Å². The summed E-state index contributed by atoms with van der Waals surface area (Å²) in [4.78, 5) is 24.7. The number of aliphatic carboxylic acids is 1. The molecule has 1 aromatic carbocycles. The molecule has 0 saturated heterocycles. The monoisotopic (exact) mass is 287 g/mol. The summed E-state index contributed by atoms with van der Waals surface area (Å²) < 4.78 is 0. The average Bonchev–Trinajstić information content (AvgIpc) is 2.77. The Labute approximate surface area is 123 Å². The highest BCUT2D eigenvalue weighted by Crippen LogP contribution is 2.37. The molecule has 1 amide bonds. The summed E-state index contributed by atoms with van der Waals surface area (Å²) in [6, 6.07) is 9.54. The van der Waals surface area contributed by atoms with Crippen LogP contribution in [0.2, 0.25) is 0 Å². The van der Waals surface area contributed by atoms with Crippen molar-refractivity contribution in [2.24, 2.45) is 0 Å². The van der Waals surface area contributed by atoms with Crippen LogP contribution in [0.1, 0.15) is 24.3 Å². The summed E-state index contributed by atoms with van der Waals surface area (Å²) in [5.41, 5.74) is 1.89. The van der Waals surface area contributed by atoms with Gasteiger partial charge >= 0.3 is 5.97 Å². The van der Waals surface area contributed by atoms with Crippen molar-refractivity contribution >= 4 is 17.6 Å². The predicted octanol–water partition coefficient (Wildman–Crippen LogP) is 1.09. The first kappa shape index (κ1) is 14.9. The number of nitriles is 1. The maximum atomic E-state index is 11.8. The molecule has 1 atom stereocenters. The van der Waals surface area contributed by atoms with Crippen LogP contribution in [-0.2, 0) is 9.59 Å². The Morgan fingerprint density at radius 2 is 2.19 bits per heavy atom. The molecule has 0 radical (unpaired) electrons. The van der Waals surface area contributed by atoms with Crippen LogP contribution in [0.25, 0.3) is 0 Å². The van der Waals surface area contributed by atoms with E-state index in [-0.39, 0.29) is 31.2 Å². The van der Waals surface area contributed by atoms with Gasteiger partial charge in [0.1, 0.15) is 0 Å². The molecule has 21 heavy (non-hydrogen) atoms. The number of para-hydroxylation sites is 1. The van der Waals surface area contributed by atoms with Crippen molar-refractivity contribution in [1.29, 1.82) is 5.26 Å². The zero-order valence-electron chi connectivity index (χ0n) is 11.6. The van der Waals surface area contributed by atoms with E-state index in [0.717, 1.165) is 11.3 Å². The molecule has 0 aromatic heterocycles. The fourth-order valence-electron chi connectivity index (χ4n) is 2.61. The van der Waals surface area contributed by atoms with Crippen LogP contribution < -0.4 is 10.2 Å². The van der Waals surface area contributed by atoms with Gasteiger partial charge in [-0.1, -0.05) is 18.2 Å². The summed E-state index contributed by atoms with van der Waals surface area (Å²) in [5.74, 6) is -1.09. The van der Waals surface area contributed by atoms with Crippen LogP contribution >= 0.6 is 0 Å². The van der Waals surface area contributed by atoms with Gasteiger partial charge in [0, 0.05) is 24.7 Å². The first-order valence-electron chi connectivity index (χ1n) is 6.81. The lowest BCUT2D eigenvalue weighted by Gasteiger charge is -2.19. The first-order chi connectivity index (χ1) is 10.1. The van der Waals surface area contributed by atoms with Gasteiger partial charge in [-0.05, 0) is 11.6 Å². The Hall–Kier alpha value is -2.55. The Morgan fingerprint density at radius 3 is 2.90 bits per heavy atom. The van der Waals surface area contributed by atoms with E-state index in [4.69, 9.17) is 10.4 Å². The molecular formula is C15H17N3O3. The Morgan fingerprint density at radius 1 is 1.43 bits per heavy atom. The Kier molecular flexibility index (Phi) is 4.77. The maximum Gasteiger partial charge on any atom is 0.304 e. The Bertz CT molecular complexity index is 580. The number of rotatable bonds is 6. The van der Waals surface area contributed by atoms with E-state index in [0.29, 0.717) is 13.1 Å². The smallest absolute Gasteiger partial charge is 0.304 e. The first-order valence-corrected chi connectivity index (χ1v) is 6.81. The van der Waals surface area contributed by atoms with Crippen molar-refractivity contribution in [1.82, 2.24) is 5.32 Å². The molecule has 1 unspecified atom stereocenters. The van der Waals surface area contributed by atoms with Crippen LogP contribution in [0.15, 0.2) is 24.3 Å². The van der Waals surface area contributed by atoms with Crippen LogP contribution in [0, 0.1) is 11.3 Å². The van der Waals surface area contributed by atoms with Crippen molar-refractivity contribution in [2.45, 2.75) is 18.8 Å². The topological polar surface area (TPSA) is 93.4 Å². The van der Waals surface area contributed by atoms with Crippen LogP contribution in [0.5, 0.6) is 0 Å². The summed E-state index contributed by atoms with van der Waals surface area (Å²) in [6.07, 6.45) is 0.341. The van der Waals surface area contributed by atoms with Crippen molar-refractivity contribution in [2.75, 3.05) is 24.5 Å². The van der Waals surface area contributed by atoms with Gasteiger partial charge in [-0.15, -0.1) is 0 Å². The van der Waals surface area contributed by atoms with Gasteiger partial charge in [0.25, 0.3) is 0 Å². The molecule has 6 heteroatoms. The van der Waals surface area contributed by atoms with Crippen molar-refractivity contribution in [3.63, 3.8) is 0 Å². The number of hydrogen-bond acceptors (Lipinski definition) is 4. The van der Waals surface area contributed by atoms with E-state index < -0.39 is 5.97 Å². The summed E-state index contributed by atoms with van der Waals surface area (Å²) in [7, 11) is 0. The molecule has 0 saturated carbocycles. The molecule has 0 spiro atoms. The third-order valence-electron chi connectivity index (χ3n) is 3.47. The van der Waals surface area contributed by atoms with E-state index >= 15 is 0 Å². The third-order valence-corrected chi connectivity index (χ3v) is 3.47. The second-order valence-electron chi connectivity index (χ2n) is 4.99. The molecule has 2 N–H and O–H groups in total. The van der Waals surface area contributed by atoms with Crippen molar-refractivity contribution < 1.29 is 14.7 Å². The van der Waals surface area contributed by atoms with E-state index in [1.54, 1.807) is 0 Å². The normalized spacial score (nSPS) is 16.1. The number of carboxylic acids is 1. The van der Waals surface area contributed by atoms with E-state index in [1.807, 2.05) is 35.2 Å². The van der Waals surface area contributed by atoms with Crippen LogP contribution in [0.3, 0.4) is 0 Å². The van der Waals surface area contributed by atoms with Gasteiger partial charge in [0.15, 0.2) is 0 Å². The molecule has 0 aliphatic carbocycles. The number of nitrogens with one attached hydrogen (secondary N) is 1. The quantitative estimate of drug-likeness (QED) is 0.764. The number of carbonyl (C=O) groups is 2. The fourth-order valence-corrected chi connectivity index (χ4v) is 2.61. The molecular weight excluding hydrogens is 270 g/mol. The zero-order chi connectivity index (χ0) is 15.2. The molecule has 1 heterocycles. The maximum absolute atomic E-state index is 11.8. The number of benzene rings is 1. The lowest BCUT2D eigenvalue weighted by Crippen LogP contribution is -2.37. The minimum absolute atomic E-state index is 0.0591. The molecule has 2 rings (SSSR count). The standard InChI is InChI=1S/C15H17N3O3/c16-6-3-7-17-14(19)10-18-9-11(8-15(20)21)12-4-1-2-5-13(12)18/h1-2,4-5,11H,3,7-10H2,(H,17,19)(H,20,21). The zero-order valence-corrected chi connectivity index (χ0v) is 11.6. The molecule has 110 valence electrons. The predicted molar refractivity (Wildman–Crippen MR) is 76.9 cm³/mol. The SMILES string of the molecule is N#CCCNC(=O)CN1CC(CC(=O)O)c2ccccc21. The van der Waals surface area contributed by atoms with Gasteiger partial charge in [-0.25, -0.2) is 0 Å². The number of fused-ring (bicyclic) bond motifs is 1. The van der Waals surface area contributed by atoms with Gasteiger partial charge in [0.2, 0.25) is 5.91 Å². The van der Waals surface area contributed by atoms with E-state index in [1.165, 1.54) is 0 Å². The minimum atomic E-state index is -0.838. The molecule has 1 aromatic rings. The third kappa shape index (κ3) is 3.72. The summed E-state index contributed by atoms with van der Waals surface area (Å²) >= 11 is 0. The highest BCUT2D eigenvalue weighted by atomic mass is 16.4. The highest BCUT2D eigenvalue weighted by Gasteiger charge is 2.30. The number of amides is 1. The molecule has 1 aliphatic rings. The van der Waals surface area contributed by atoms with Crippen LogP contribution in [-0.4, -0.2) is 36.6 Å². The summed E-state index contributed by atoms with van der Waals surface area (Å²) in [6.45, 7) is 1.04. The largest absolute Gasteiger partial charge is 0.481 e. The van der Waals surface area contributed by atoms with E-state index in [2.05, 4.69) is 5.32 Å². The number of carboxylic acid groups (broad SMARTS) is 1. The molecule has 6 nitrogen and oxygen atoms in total. The summed E-state index contributed by atoms with van der Waals surface area (Å²) in [5, 5.41) is 20.1. The number of hydrogen-bond donors (Lipinski definition) is 2. The molecule has 0 bridgehead atoms. The Balaban J connectivity index is 2.03. The van der Waals surface area contributed by atoms with Gasteiger partial charge in [-0.2, -0.15) is 5.26 Å². The molecule has 1 aliphatic heterocycles. The van der Waals surface area contributed by atoms with Gasteiger partial charge in [-0.3, -0.25) is 9.59 Å². The van der Waals surface area contributed by atoms with Gasteiger partial charge < -0.3 is 15.3 Å². The van der Waals surface area contributed by atoms with Gasteiger partial charge in [0.05, 0.1) is 25.5 Å². The highest BCUT2D eigenvalue weighted by molar-refractivity contribution is 5.83. The second-order valence-corrected chi connectivity index (χ2v) is 4.99.